The highest BCUT2D eigenvalue weighted by Crippen LogP contribution is 2.22. The van der Waals surface area contributed by atoms with Gasteiger partial charge in [-0.2, -0.15) is 0 Å². The standard InChI is InChI=1S/C14H24N2O2/c1-4-12(9-17)16-10(2)7-11-5-6-14(18-3)13(15)8-11/h5-6,8,10,12,16-17H,4,7,9,15H2,1-3H3. The summed E-state index contributed by atoms with van der Waals surface area (Å²) in [7, 11) is 1.61. The van der Waals surface area contributed by atoms with Crippen molar-refractivity contribution in [1.82, 2.24) is 5.32 Å². The third-order valence-electron chi connectivity index (χ3n) is 3.07. The zero-order valence-electron chi connectivity index (χ0n) is 11.4. The van der Waals surface area contributed by atoms with E-state index in [0.29, 0.717) is 17.5 Å². The first-order chi connectivity index (χ1) is 8.60. The van der Waals surface area contributed by atoms with Crippen molar-refractivity contribution in [3.8, 4) is 5.75 Å². The van der Waals surface area contributed by atoms with E-state index < -0.39 is 0 Å². The molecule has 1 aromatic carbocycles. The molecule has 0 bridgehead atoms. The van der Waals surface area contributed by atoms with E-state index in [1.54, 1.807) is 7.11 Å². The second-order valence-corrected chi connectivity index (χ2v) is 4.64. The predicted octanol–water partition coefficient (Wildman–Crippen LogP) is 1.57. The highest BCUT2D eigenvalue weighted by molar-refractivity contribution is 5.54. The van der Waals surface area contributed by atoms with Crippen LogP contribution in [0.2, 0.25) is 0 Å². The number of hydrogen-bond donors (Lipinski definition) is 3. The molecule has 0 radical (unpaired) electrons. The summed E-state index contributed by atoms with van der Waals surface area (Å²) in [5.41, 5.74) is 7.71. The molecule has 0 spiro atoms. The Balaban J connectivity index is 2.59. The van der Waals surface area contributed by atoms with Gasteiger partial charge in [0.25, 0.3) is 0 Å². The van der Waals surface area contributed by atoms with Crippen LogP contribution < -0.4 is 15.8 Å². The SMILES string of the molecule is CCC(CO)NC(C)Cc1ccc(OC)c(N)c1. The summed E-state index contributed by atoms with van der Waals surface area (Å²) in [6, 6.07) is 6.32. The molecule has 18 heavy (non-hydrogen) atoms. The second-order valence-electron chi connectivity index (χ2n) is 4.64. The highest BCUT2D eigenvalue weighted by atomic mass is 16.5. The van der Waals surface area contributed by atoms with Crippen LogP contribution in [0, 0.1) is 0 Å². The van der Waals surface area contributed by atoms with Crippen LogP contribution in [0.3, 0.4) is 0 Å². The van der Waals surface area contributed by atoms with Crippen molar-refractivity contribution in [3.63, 3.8) is 0 Å². The van der Waals surface area contributed by atoms with Crippen molar-refractivity contribution in [2.75, 3.05) is 19.5 Å². The van der Waals surface area contributed by atoms with E-state index in [1.807, 2.05) is 18.2 Å². The summed E-state index contributed by atoms with van der Waals surface area (Å²) >= 11 is 0. The smallest absolute Gasteiger partial charge is 0.141 e. The van der Waals surface area contributed by atoms with Crippen molar-refractivity contribution in [1.29, 1.82) is 0 Å². The van der Waals surface area contributed by atoms with Crippen molar-refractivity contribution in [2.45, 2.75) is 38.8 Å². The molecule has 0 saturated heterocycles. The van der Waals surface area contributed by atoms with Crippen molar-refractivity contribution in [3.05, 3.63) is 23.8 Å². The molecule has 0 aliphatic carbocycles. The first kappa shape index (κ1) is 14.8. The van der Waals surface area contributed by atoms with Gasteiger partial charge in [0, 0.05) is 12.1 Å². The minimum absolute atomic E-state index is 0.163. The van der Waals surface area contributed by atoms with Crippen LogP contribution in [0.25, 0.3) is 0 Å². The van der Waals surface area contributed by atoms with Crippen LogP contribution >= 0.6 is 0 Å². The third kappa shape index (κ3) is 4.20. The average molecular weight is 252 g/mol. The number of rotatable bonds is 7. The van der Waals surface area contributed by atoms with Gasteiger partial charge < -0.3 is 20.9 Å². The number of anilines is 1. The highest BCUT2D eigenvalue weighted by Gasteiger charge is 2.10. The minimum Gasteiger partial charge on any atom is -0.495 e. The van der Waals surface area contributed by atoms with Gasteiger partial charge in [0.15, 0.2) is 0 Å². The van der Waals surface area contributed by atoms with Gasteiger partial charge in [-0.1, -0.05) is 13.0 Å². The van der Waals surface area contributed by atoms with Crippen LogP contribution in [0.15, 0.2) is 18.2 Å². The Labute approximate surface area is 109 Å². The van der Waals surface area contributed by atoms with Gasteiger partial charge in [0.1, 0.15) is 5.75 Å². The quantitative estimate of drug-likeness (QED) is 0.644. The van der Waals surface area contributed by atoms with E-state index in [9.17, 15) is 0 Å². The summed E-state index contributed by atoms with van der Waals surface area (Å²) < 4.78 is 5.13. The Kier molecular flexibility index (Phi) is 5.95. The molecule has 0 heterocycles. The van der Waals surface area contributed by atoms with Crippen molar-refractivity contribution >= 4 is 5.69 Å². The summed E-state index contributed by atoms with van der Waals surface area (Å²) in [4.78, 5) is 0. The normalized spacial score (nSPS) is 14.2. The Hall–Kier alpha value is -1.26. The van der Waals surface area contributed by atoms with Gasteiger partial charge in [-0.05, 0) is 37.5 Å². The summed E-state index contributed by atoms with van der Waals surface area (Å²) in [5, 5.41) is 12.5. The number of aliphatic hydroxyl groups is 1. The first-order valence-electron chi connectivity index (χ1n) is 6.40. The number of hydrogen-bond acceptors (Lipinski definition) is 4. The zero-order chi connectivity index (χ0) is 13.5. The van der Waals surface area contributed by atoms with Crippen LogP contribution in [-0.4, -0.2) is 30.9 Å². The number of ether oxygens (including phenoxy) is 1. The predicted molar refractivity (Wildman–Crippen MR) is 74.9 cm³/mol. The van der Waals surface area contributed by atoms with Gasteiger partial charge in [0.2, 0.25) is 0 Å². The maximum absolute atomic E-state index is 9.15. The minimum atomic E-state index is 0.163. The number of benzene rings is 1. The summed E-state index contributed by atoms with van der Waals surface area (Å²) in [6.07, 6.45) is 1.80. The molecule has 4 nitrogen and oxygen atoms in total. The fourth-order valence-corrected chi connectivity index (χ4v) is 2.03. The summed E-state index contributed by atoms with van der Waals surface area (Å²) in [6.45, 7) is 4.34. The lowest BCUT2D eigenvalue weighted by molar-refractivity contribution is 0.229. The lowest BCUT2D eigenvalue weighted by Gasteiger charge is -2.20. The molecule has 102 valence electrons. The Morgan fingerprint density at radius 2 is 2.17 bits per heavy atom. The van der Waals surface area contributed by atoms with Gasteiger partial charge >= 0.3 is 0 Å². The van der Waals surface area contributed by atoms with Gasteiger partial charge in [-0.25, -0.2) is 0 Å². The lowest BCUT2D eigenvalue weighted by Crippen LogP contribution is -2.39. The van der Waals surface area contributed by atoms with Crippen molar-refractivity contribution in [2.24, 2.45) is 0 Å². The second kappa shape index (κ2) is 7.24. The van der Waals surface area contributed by atoms with Gasteiger partial charge in [-0.15, -0.1) is 0 Å². The fourth-order valence-electron chi connectivity index (χ4n) is 2.03. The largest absolute Gasteiger partial charge is 0.495 e. The van der Waals surface area contributed by atoms with Crippen molar-refractivity contribution < 1.29 is 9.84 Å². The van der Waals surface area contributed by atoms with E-state index in [1.165, 1.54) is 5.56 Å². The van der Waals surface area contributed by atoms with Gasteiger partial charge in [0.05, 0.1) is 19.4 Å². The average Bonchev–Trinajstić information content (AvgIpc) is 2.36. The molecule has 4 N–H and O–H groups in total. The molecule has 0 aliphatic heterocycles. The zero-order valence-corrected chi connectivity index (χ0v) is 11.4. The number of nitrogen functional groups attached to an aromatic ring is 1. The third-order valence-corrected chi connectivity index (χ3v) is 3.07. The van der Waals surface area contributed by atoms with Crippen LogP contribution in [-0.2, 0) is 6.42 Å². The first-order valence-corrected chi connectivity index (χ1v) is 6.40. The molecule has 0 amide bonds. The van der Waals surface area contributed by atoms with Crippen LogP contribution in [0.1, 0.15) is 25.8 Å². The molecule has 2 unspecified atom stereocenters. The van der Waals surface area contributed by atoms with E-state index in [0.717, 1.165) is 12.8 Å². The maximum Gasteiger partial charge on any atom is 0.141 e. The molecule has 0 aliphatic rings. The lowest BCUT2D eigenvalue weighted by atomic mass is 10.0. The van der Waals surface area contributed by atoms with Gasteiger partial charge in [-0.3, -0.25) is 0 Å². The number of aliphatic hydroxyl groups excluding tert-OH is 1. The molecule has 0 aromatic heterocycles. The van der Waals surface area contributed by atoms with Crippen LogP contribution in [0.5, 0.6) is 5.75 Å². The molecule has 0 fully saturated rings. The van der Waals surface area contributed by atoms with E-state index in [-0.39, 0.29) is 12.6 Å². The Bertz CT molecular complexity index is 365. The number of nitrogens with two attached hydrogens (primary N) is 1. The van der Waals surface area contributed by atoms with Crippen LogP contribution in [0.4, 0.5) is 5.69 Å². The molecular weight excluding hydrogens is 228 g/mol. The molecule has 1 aromatic rings. The Morgan fingerprint density at radius 3 is 2.67 bits per heavy atom. The summed E-state index contributed by atoms with van der Waals surface area (Å²) in [5.74, 6) is 0.709. The maximum atomic E-state index is 9.15. The molecular formula is C14H24N2O2. The molecule has 0 saturated carbocycles. The fraction of sp³-hybridized carbons (Fsp3) is 0.571. The molecule has 4 heteroatoms. The topological polar surface area (TPSA) is 67.5 Å². The van der Waals surface area contributed by atoms with E-state index in [4.69, 9.17) is 15.6 Å². The number of methoxy groups -OCH3 is 1. The molecule has 1 rings (SSSR count). The van der Waals surface area contributed by atoms with E-state index in [2.05, 4.69) is 19.2 Å². The monoisotopic (exact) mass is 252 g/mol. The molecule has 2 atom stereocenters. The van der Waals surface area contributed by atoms with E-state index >= 15 is 0 Å². The number of nitrogens with one attached hydrogen (secondary N) is 1. The Morgan fingerprint density at radius 1 is 1.44 bits per heavy atom.